The summed E-state index contributed by atoms with van der Waals surface area (Å²) in [6, 6.07) is 9.77. The first-order valence-corrected chi connectivity index (χ1v) is 6.90. The highest BCUT2D eigenvalue weighted by Gasteiger charge is 2.05. The van der Waals surface area contributed by atoms with E-state index < -0.39 is 0 Å². The predicted molar refractivity (Wildman–Crippen MR) is 81.5 cm³/mol. The van der Waals surface area contributed by atoms with Gasteiger partial charge in [0.15, 0.2) is 11.5 Å². The fourth-order valence-electron chi connectivity index (χ4n) is 2.08. The monoisotopic (exact) mass is 283 g/mol. The van der Waals surface area contributed by atoms with Crippen molar-refractivity contribution in [3.8, 4) is 5.88 Å². The number of benzene rings is 1. The molecule has 5 heteroatoms. The molecule has 0 fully saturated rings. The molecule has 1 aromatic carbocycles. The molecule has 0 spiro atoms. The zero-order valence-corrected chi connectivity index (χ0v) is 12.1. The molecule has 0 saturated heterocycles. The molecule has 0 aliphatic carbocycles. The number of oxazole rings is 1. The first kappa shape index (κ1) is 13.4. The molecule has 2 aromatic heterocycles. The molecular weight excluding hydrogens is 266 g/mol. The van der Waals surface area contributed by atoms with Crippen LogP contribution in [0.3, 0.4) is 0 Å². The van der Waals surface area contributed by atoms with Crippen LogP contribution < -0.4 is 10.1 Å². The summed E-state index contributed by atoms with van der Waals surface area (Å²) in [7, 11) is 1.61. The Bertz CT molecular complexity index is 735. The minimum atomic E-state index is 0.620. The van der Waals surface area contributed by atoms with Gasteiger partial charge in [0, 0.05) is 30.9 Å². The summed E-state index contributed by atoms with van der Waals surface area (Å²) in [4.78, 5) is 8.62. The average molecular weight is 283 g/mol. The SMILES string of the molecule is CCc1nc2cc(NCc3ccc(OC)nc3)ccc2o1. The van der Waals surface area contributed by atoms with Gasteiger partial charge in [-0.1, -0.05) is 13.0 Å². The number of aromatic nitrogens is 2. The molecule has 0 radical (unpaired) electrons. The Balaban J connectivity index is 1.71. The van der Waals surface area contributed by atoms with E-state index in [1.54, 1.807) is 13.3 Å². The minimum Gasteiger partial charge on any atom is -0.481 e. The molecule has 2 heterocycles. The Hall–Kier alpha value is -2.56. The zero-order chi connectivity index (χ0) is 14.7. The minimum absolute atomic E-state index is 0.620. The maximum Gasteiger partial charge on any atom is 0.212 e. The van der Waals surface area contributed by atoms with Gasteiger partial charge in [0.2, 0.25) is 5.88 Å². The number of aryl methyl sites for hydroxylation is 1. The number of ether oxygens (including phenoxy) is 1. The molecule has 108 valence electrons. The third kappa shape index (κ3) is 2.97. The normalized spacial score (nSPS) is 10.8. The second kappa shape index (κ2) is 5.83. The molecule has 0 unspecified atom stereocenters. The second-order valence-corrected chi connectivity index (χ2v) is 4.71. The Morgan fingerprint density at radius 2 is 2.14 bits per heavy atom. The molecule has 3 rings (SSSR count). The van der Waals surface area contributed by atoms with Crippen LogP contribution in [0.4, 0.5) is 5.69 Å². The summed E-state index contributed by atoms with van der Waals surface area (Å²) in [5, 5.41) is 3.36. The van der Waals surface area contributed by atoms with Gasteiger partial charge in [-0.15, -0.1) is 0 Å². The maximum absolute atomic E-state index is 5.60. The predicted octanol–water partition coefficient (Wildman–Crippen LogP) is 3.41. The molecule has 21 heavy (non-hydrogen) atoms. The van der Waals surface area contributed by atoms with Crippen molar-refractivity contribution in [2.24, 2.45) is 0 Å². The Morgan fingerprint density at radius 1 is 1.24 bits per heavy atom. The summed E-state index contributed by atoms with van der Waals surface area (Å²) >= 11 is 0. The van der Waals surface area contributed by atoms with Gasteiger partial charge in [0.25, 0.3) is 0 Å². The fraction of sp³-hybridized carbons (Fsp3) is 0.250. The van der Waals surface area contributed by atoms with E-state index in [-0.39, 0.29) is 0 Å². The van der Waals surface area contributed by atoms with E-state index in [2.05, 4.69) is 15.3 Å². The number of fused-ring (bicyclic) bond motifs is 1. The van der Waals surface area contributed by atoms with Gasteiger partial charge < -0.3 is 14.5 Å². The summed E-state index contributed by atoms with van der Waals surface area (Å²) in [5.41, 5.74) is 3.80. The van der Waals surface area contributed by atoms with Crippen molar-refractivity contribution >= 4 is 16.8 Å². The smallest absolute Gasteiger partial charge is 0.212 e. The van der Waals surface area contributed by atoms with Gasteiger partial charge >= 0.3 is 0 Å². The first-order valence-electron chi connectivity index (χ1n) is 6.90. The highest BCUT2D eigenvalue weighted by Crippen LogP contribution is 2.20. The third-order valence-corrected chi connectivity index (χ3v) is 3.24. The lowest BCUT2D eigenvalue weighted by Crippen LogP contribution is -2.00. The van der Waals surface area contributed by atoms with Crippen LogP contribution >= 0.6 is 0 Å². The molecule has 0 amide bonds. The van der Waals surface area contributed by atoms with Crippen LogP contribution in [-0.4, -0.2) is 17.1 Å². The molecule has 0 saturated carbocycles. The lowest BCUT2D eigenvalue weighted by Gasteiger charge is -2.06. The van der Waals surface area contributed by atoms with E-state index in [4.69, 9.17) is 9.15 Å². The maximum atomic E-state index is 5.60. The molecule has 0 atom stereocenters. The van der Waals surface area contributed by atoms with Gasteiger partial charge in [0.1, 0.15) is 5.52 Å². The van der Waals surface area contributed by atoms with Crippen molar-refractivity contribution in [3.63, 3.8) is 0 Å². The van der Waals surface area contributed by atoms with E-state index >= 15 is 0 Å². The molecule has 5 nitrogen and oxygen atoms in total. The number of nitrogens with one attached hydrogen (secondary N) is 1. The van der Waals surface area contributed by atoms with Crippen LogP contribution in [0.25, 0.3) is 11.1 Å². The number of rotatable bonds is 5. The number of hydrogen-bond donors (Lipinski definition) is 1. The van der Waals surface area contributed by atoms with Crippen LogP contribution in [0, 0.1) is 0 Å². The Labute approximate surface area is 123 Å². The van der Waals surface area contributed by atoms with Gasteiger partial charge in [-0.05, 0) is 23.8 Å². The fourth-order valence-corrected chi connectivity index (χ4v) is 2.08. The highest BCUT2D eigenvalue weighted by molar-refractivity contribution is 5.77. The van der Waals surface area contributed by atoms with E-state index in [1.165, 1.54) is 0 Å². The lowest BCUT2D eigenvalue weighted by atomic mass is 10.2. The van der Waals surface area contributed by atoms with Crippen molar-refractivity contribution in [1.29, 1.82) is 0 Å². The largest absolute Gasteiger partial charge is 0.481 e. The van der Waals surface area contributed by atoms with Crippen molar-refractivity contribution in [2.45, 2.75) is 19.9 Å². The standard InChI is InChI=1S/C16H17N3O2/c1-3-15-19-13-8-12(5-6-14(13)21-15)17-9-11-4-7-16(20-2)18-10-11/h4-8,10,17H,3,9H2,1-2H3. The summed E-state index contributed by atoms with van der Waals surface area (Å²) in [6.07, 6.45) is 2.60. The number of anilines is 1. The van der Waals surface area contributed by atoms with Crippen molar-refractivity contribution in [2.75, 3.05) is 12.4 Å². The van der Waals surface area contributed by atoms with E-state index in [1.807, 2.05) is 37.3 Å². The molecule has 0 bridgehead atoms. The summed E-state index contributed by atoms with van der Waals surface area (Å²) in [5.74, 6) is 1.39. The van der Waals surface area contributed by atoms with Crippen molar-refractivity contribution < 1.29 is 9.15 Å². The molecule has 0 aliphatic heterocycles. The molecule has 3 aromatic rings. The van der Waals surface area contributed by atoms with Gasteiger partial charge in [0.05, 0.1) is 7.11 Å². The molecule has 0 aliphatic rings. The number of pyridine rings is 1. The summed E-state index contributed by atoms with van der Waals surface area (Å²) < 4.78 is 10.6. The molecule has 1 N–H and O–H groups in total. The van der Waals surface area contributed by atoms with Gasteiger partial charge in [-0.2, -0.15) is 0 Å². The number of hydrogen-bond acceptors (Lipinski definition) is 5. The van der Waals surface area contributed by atoms with Gasteiger partial charge in [-0.3, -0.25) is 0 Å². The Morgan fingerprint density at radius 3 is 2.86 bits per heavy atom. The molecular formula is C16H17N3O2. The van der Waals surface area contributed by atoms with Crippen LogP contribution in [-0.2, 0) is 13.0 Å². The Kier molecular flexibility index (Phi) is 3.73. The van der Waals surface area contributed by atoms with Crippen molar-refractivity contribution in [1.82, 2.24) is 9.97 Å². The average Bonchev–Trinajstić information content (AvgIpc) is 2.95. The zero-order valence-electron chi connectivity index (χ0n) is 12.1. The first-order chi connectivity index (χ1) is 10.3. The van der Waals surface area contributed by atoms with E-state index in [9.17, 15) is 0 Å². The van der Waals surface area contributed by atoms with Crippen LogP contribution in [0.5, 0.6) is 5.88 Å². The lowest BCUT2D eigenvalue weighted by molar-refractivity contribution is 0.397. The van der Waals surface area contributed by atoms with Crippen LogP contribution in [0.2, 0.25) is 0 Å². The van der Waals surface area contributed by atoms with E-state index in [0.717, 1.165) is 34.7 Å². The van der Waals surface area contributed by atoms with Crippen LogP contribution in [0.1, 0.15) is 18.4 Å². The third-order valence-electron chi connectivity index (χ3n) is 3.24. The van der Waals surface area contributed by atoms with Crippen molar-refractivity contribution in [3.05, 3.63) is 48.0 Å². The van der Waals surface area contributed by atoms with E-state index in [0.29, 0.717) is 12.4 Å². The topological polar surface area (TPSA) is 60.2 Å². The van der Waals surface area contributed by atoms with Gasteiger partial charge in [-0.25, -0.2) is 9.97 Å². The highest BCUT2D eigenvalue weighted by atomic mass is 16.5. The number of nitrogens with zero attached hydrogens (tertiary/aromatic N) is 2. The quantitative estimate of drug-likeness (QED) is 0.777. The number of methoxy groups -OCH3 is 1. The van der Waals surface area contributed by atoms with Crippen LogP contribution in [0.15, 0.2) is 40.9 Å². The summed E-state index contributed by atoms with van der Waals surface area (Å²) in [6.45, 7) is 2.72. The second-order valence-electron chi connectivity index (χ2n) is 4.71.